The number of rotatable bonds is 13. The number of nitro groups is 1. The van der Waals surface area contributed by atoms with E-state index in [-0.39, 0.29) is 23.8 Å². The second kappa shape index (κ2) is 12.9. The maximum atomic E-state index is 11.7. The van der Waals surface area contributed by atoms with Gasteiger partial charge in [0.05, 0.1) is 17.6 Å². The zero-order valence-electron chi connectivity index (χ0n) is 15.3. The van der Waals surface area contributed by atoms with Crippen LogP contribution in [0.15, 0.2) is 24.3 Å². The lowest BCUT2D eigenvalue weighted by molar-refractivity contribution is -0.384. The molecule has 0 saturated heterocycles. The van der Waals surface area contributed by atoms with Gasteiger partial charge in [0.25, 0.3) is 5.69 Å². The Labute approximate surface area is 153 Å². The number of hydrogen-bond acceptors (Lipinski definition) is 6. The predicted molar refractivity (Wildman–Crippen MR) is 96.9 cm³/mol. The van der Waals surface area contributed by atoms with Gasteiger partial charge in [-0.25, -0.2) is 0 Å². The molecule has 0 aromatic heterocycles. The molecule has 7 nitrogen and oxygen atoms in total. The molecule has 0 radical (unpaired) electrons. The number of carbonyl (C=O) groups is 2. The summed E-state index contributed by atoms with van der Waals surface area (Å²) in [7, 11) is 0. The molecule has 0 saturated carbocycles. The van der Waals surface area contributed by atoms with Crippen LogP contribution in [0.25, 0.3) is 0 Å². The molecular formula is C19H27NO6. The molecule has 0 aliphatic carbocycles. The standard InChI is InChI=1S/C19H27NO6/c1-2-3-4-8-14-25-18(21)12-6-5-7-13-19(22)26-17-11-9-10-16(15-17)20(23)24/h9-11,15H,2-8,12-14H2,1H3. The van der Waals surface area contributed by atoms with E-state index < -0.39 is 10.9 Å². The summed E-state index contributed by atoms with van der Waals surface area (Å²) in [5.41, 5.74) is -0.122. The maximum absolute atomic E-state index is 11.7. The van der Waals surface area contributed by atoms with Gasteiger partial charge >= 0.3 is 11.9 Å². The first-order chi connectivity index (χ1) is 12.5. The van der Waals surface area contributed by atoms with Crippen molar-refractivity contribution in [1.29, 1.82) is 0 Å². The van der Waals surface area contributed by atoms with Gasteiger partial charge in [-0.2, -0.15) is 0 Å². The van der Waals surface area contributed by atoms with E-state index in [4.69, 9.17) is 9.47 Å². The van der Waals surface area contributed by atoms with Gasteiger partial charge in [-0.15, -0.1) is 0 Å². The normalized spacial score (nSPS) is 10.3. The van der Waals surface area contributed by atoms with Crippen LogP contribution in [-0.2, 0) is 14.3 Å². The molecule has 1 aromatic carbocycles. The Morgan fingerprint density at radius 3 is 2.38 bits per heavy atom. The van der Waals surface area contributed by atoms with Crippen LogP contribution in [0.2, 0.25) is 0 Å². The largest absolute Gasteiger partial charge is 0.466 e. The first-order valence-electron chi connectivity index (χ1n) is 9.13. The molecule has 0 N–H and O–H groups in total. The van der Waals surface area contributed by atoms with Crippen molar-refractivity contribution in [3.63, 3.8) is 0 Å². The van der Waals surface area contributed by atoms with E-state index in [0.29, 0.717) is 25.9 Å². The fraction of sp³-hybridized carbons (Fsp3) is 0.579. The Bertz CT molecular complexity index is 587. The Morgan fingerprint density at radius 1 is 1.00 bits per heavy atom. The summed E-state index contributed by atoms with van der Waals surface area (Å²) in [6.07, 6.45) is 6.83. The molecule has 0 atom stereocenters. The molecule has 0 aliphatic rings. The van der Waals surface area contributed by atoms with Crippen molar-refractivity contribution >= 4 is 17.6 Å². The van der Waals surface area contributed by atoms with Crippen LogP contribution < -0.4 is 4.74 Å². The summed E-state index contributed by atoms with van der Waals surface area (Å²) in [6.45, 7) is 2.61. The first kappa shape index (κ1) is 21.6. The molecule has 1 rings (SSSR count). The van der Waals surface area contributed by atoms with Gasteiger partial charge < -0.3 is 9.47 Å². The molecule has 144 valence electrons. The van der Waals surface area contributed by atoms with E-state index in [0.717, 1.165) is 32.1 Å². The van der Waals surface area contributed by atoms with Crippen LogP contribution in [0.3, 0.4) is 0 Å². The number of unbranched alkanes of at least 4 members (excludes halogenated alkanes) is 5. The Balaban J connectivity index is 2.10. The summed E-state index contributed by atoms with van der Waals surface area (Å²) < 4.78 is 10.2. The lowest BCUT2D eigenvalue weighted by Gasteiger charge is -2.05. The topological polar surface area (TPSA) is 95.7 Å². The van der Waals surface area contributed by atoms with Crippen molar-refractivity contribution in [2.75, 3.05) is 6.61 Å². The highest BCUT2D eigenvalue weighted by Gasteiger charge is 2.10. The van der Waals surface area contributed by atoms with Crippen molar-refractivity contribution in [3.05, 3.63) is 34.4 Å². The van der Waals surface area contributed by atoms with E-state index in [1.165, 1.54) is 24.3 Å². The number of hydrogen-bond donors (Lipinski definition) is 0. The highest BCUT2D eigenvalue weighted by Crippen LogP contribution is 2.19. The van der Waals surface area contributed by atoms with Gasteiger partial charge in [0.1, 0.15) is 5.75 Å². The van der Waals surface area contributed by atoms with Crippen LogP contribution >= 0.6 is 0 Å². The molecule has 1 aromatic rings. The van der Waals surface area contributed by atoms with Gasteiger partial charge in [-0.05, 0) is 25.3 Å². The van der Waals surface area contributed by atoms with Gasteiger partial charge in [-0.1, -0.05) is 38.7 Å². The van der Waals surface area contributed by atoms with Crippen molar-refractivity contribution in [2.45, 2.75) is 64.7 Å². The minimum atomic E-state index is -0.541. The van der Waals surface area contributed by atoms with Crippen molar-refractivity contribution in [3.8, 4) is 5.75 Å². The number of nitrogens with zero attached hydrogens (tertiary/aromatic N) is 1. The van der Waals surface area contributed by atoms with Gasteiger partial charge in [-0.3, -0.25) is 19.7 Å². The molecule has 0 bridgehead atoms. The second-order valence-electron chi connectivity index (χ2n) is 6.07. The monoisotopic (exact) mass is 365 g/mol. The minimum Gasteiger partial charge on any atom is -0.466 e. The van der Waals surface area contributed by atoms with Crippen molar-refractivity contribution in [1.82, 2.24) is 0 Å². The number of carbonyl (C=O) groups excluding carboxylic acids is 2. The van der Waals surface area contributed by atoms with Gasteiger partial charge in [0, 0.05) is 18.9 Å². The summed E-state index contributed by atoms with van der Waals surface area (Å²) >= 11 is 0. The van der Waals surface area contributed by atoms with Crippen molar-refractivity contribution < 1.29 is 24.0 Å². The number of benzene rings is 1. The number of non-ortho nitro benzene ring substituents is 1. The molecule has 7 heteroatoms. The van der Waals surface area contributed by atoms with E-state index in [1.807, 2.05) is 0 Å². The summed E-state index contributed by atoms with van der Waals surface area (Å²) in [5.74, 6) is -0.472. The smallest absolute Gasteiger partial charge is 0.311 e. The van der Waals surface area contributed by atoms with Crippen LogP contribution in [0.5, 0.6) is 5.75 Å². The van der Waals surface area contributed by atoms with Gasteiger partial charge in [0.15, 0.2) is 0 Å². The van der Waals surface area contributed by atoms with Crippen LogP contribution in [-0.4, -0.2) is 23.5 Å². The highest BCUT2D eigenvalue weighted by atomic mass is 16.6. The predicted octanol–water partition coefficient (Wildman–Crippen LogP) is 4.57. The summed E-state index contributed by atoms with van der Waals surface area (Å²) in [6, 6.07) is 5.52. The molecule has 26 heavy (non-hydrogen) atoms. The molecular weight excluding hydrogens is 338 g/mol. The average molecular weight is 365 g/mol. The zero-order valence-corrected chi connectivity index (χ0v) is 15.3. The third-order valence-corrected chi connectivity index (χ3v) is 3.78. The lowest BCUT2D eigenvalue weighted by Crippen LogP contribution is -2.08. The van der Waals surface area contributed by atoms with Crippen LogP contribution in [0.1, 0.15) is 64.7 Å². The molecule has 0 fully saturated rings. The molecule has 0 amide bonds. The van der Waals surface area contributed by atoms with E-state index >= 15 is 0 Å². The van der Waals surface area contributed by atoms with Crippen molar-refractivity contribution in [2.24, 2.45) is 0 Å². The fourth-order valence-corrected chi connectivity index (χ4v) is 2.35. The molecule has 0 spiro atoms. The fourth-order valence-electron chi connectivity index (χ4n) is 2.35. The lowest BCUT2D eigenvalue weighted by atomic mass is 10.1. The van der Waals surface area contributed by atoms with E-state index in [1.54, 1.807) is 0 Å². The average Bonchev–Trinajstić information content (AvgIpc) is 2.61. The Hall–Kier alpha value is -2.44. The quantitative estimate of drug-likeness (QED) is 0.167. The highest BCUT2D eigenvalue weighted by molar-refractivity contribution is 5.72. The first-order valence-corrected chi connectivity index (χ1v) is 9.13. The third-order valence-electron chi connectivity index (χ3n) is 3.78. The zero-order chi connectivity index (χ0) is 19.2. The second-order valence-corrected chi connectivity index (χ2v) is 6.07. The maximum Gasteiger partial charge on any atom is 0.311 e. The summed E-state index contributed by atoms with van der Waals surface area (Å²) in [5, 5.41) is 10.7. The Morgan fingerprint density at radius 2 is 1.69 bits per heavy atom. The van der Waals surface area contributed by atoms with E-state index in [9.17, 15) is 19.7 Å². The molecule has 0 heterocycles. The summed E-state index contributed by atoms with van der Waals surface area (Å²) in [4.78, 5) is 33.4. The number of nitro benzene ring substituents is 1. The Kier molecular flexibility index (Phi) is 10.7. The minimum absolute atomic E-state index is 0.122. The number of ether oxygens (including phenoxy) is 2. The van der Waals surface area contributed by atoms with Crippen LogP contribution in [0.4, 0.5) is 5.69 Å². The van der Waals surface area contributed by atoms with E-state index in [2.05, 4.69) is 6.92 Å². The third kappa shape index (κ3) is 9.76. The van der Waals surface area contributed by atoms with Gasteiger partial charge in [0.2, 0.25) is 0 Å². The molecule has 0 unspecified atom stereocenters. The van der Waals surface area contributed by atoms with Crippen LogP contribution in [0, 0.1) is 10.1 Å². The SMILES string of the molecule is CCCCCCOC(=O)CCCCCC(=O)Oc1cccc([N+](=O)[O-])c1. The number of esters is 2. The molecule has 0 aliphatic heterocycles.